The Morgan fingerprint density at radius 1 is 0.200 bits per heavy atom. The van der Waals surface area contributed by atoms with E-state index in [1.165, 1.54) is 296 Å². The zero-order chi connectivity index (χ0) is 52.9. The molecule has 6 heterocycles. The first kappa shape index (κ1) is 56.3. The Bertz CT molecular complexity index is 1670. The molecule has 0 aromatic rings. The van der Waals surface area contributed by atoms with Gasteiger partial charge < -0.3 is 21.3 Å². The van der Waals surface area contributed by atoms with E-state index in [1.54, 1.807) is 12.8 Å². The van der Waals surface area contributed by atoms with Gasteiger partial charge in [0.15, 0.2) is 0 Å². The quantitative estimate of drug-likeness (QED) is 0.175. The standard InChI is InChI=1S/C74H126N6/c1-5-17-49(18-6-1)53-29-33-65(75-45-53)57-39-58(66-34-30-54(46-76-66)50-19-7-2-8-20-50)42-61(41-57)79-69-27-15-13-25-63(69)73-71(79)37-38-72-74(73)64-26-14-16-28-70(64)80(72)62-43-59(67-35-31-55(47-77-67)51-21-9-3-10-22-51)40-60(44-62)68-36-32-56(48-78-68)52-23-11-4-12-24-52/h49-78H,1-48H2. The molecule has 15 aliphatic rings. The number of fused-ring (bicyclic) bond motifs is 7. The second-order valence-corrected chi connectivity index (χ2v) is 33.6. The molecule has 15 fully saturated rings. The number of hydrogen-bond donors (Lipinski definition) is 4. The predicted molar refractivity (Wildman–Crippen MR) is 333 cm³/mol. The van der Waals surface area contributed by atoms with Gasteiger partial charge in [0.2, 0.25) is 0 Å². The van der Waals surface area contributed by atoms with E-state index in [0.717, 1.165) is 155 Å². The van der Waals surface area contributed by atoms with Gasteiger partial charge in [0.05, 0.1) is 0 Å². The van der Waals surface area contributed by atoms with E-state index in [4.69, 9.17) is 0 Å². The molecule has 0 radical (unpaired) electrons. The van der Waals surface area contributed by atoms with Gasteiger partial charge in [0.1, 0.15) is 0 Å². The molecule has 0 bridgehead atoms. The number of rotatable bonds is 10. The summed E-state index contributed by atoms with van der Waals surface area (Å²) in [5.41, 5.74) is 0. The normalized spacial score (nSPS) is 49.4. The van der Waals surface area contributed by atoms with E-state index in [0.29, 0.717) is 0 Å². The minimum atomic E-state index is 0.772. The molecule has 20 unspecified atom stereocenters. The molecule has 6 heteroatoms. The van der Waals surface area contributed by atoms with Crippen LogP contribution >= 0.6 is 0 Å². The highest BCUT2D eigenvalue weighted by atomic mass is 15.3. The molecule has 6 aliphatic heterocycles. The van der Waals surface area contributed by atoms with Gasteiger partial charge in [-0.2, -0.15) is 0 Å². The predicted octanol–water partition coefficient (Wildman–Crippen LogP) is 15.9. The summed E-state index contributed by atoms with van der Waals surface area (Å²) in [6.45, 7) is 5.36. The summed E-state index contributed by atoms with van der Waals surface area (Å²) < 4.78 is 0. The fourth-order valence-corrected chi connectivity index (χ4v) is 26.4. The molecule has 9 saturated carbocycles. The van der Waals surface area contributed by atoms with Gasteiger partial charge in [0, 0.05) is 60.4 Å². The van der Waals surface area contributed by atoms with Crippen molar-refractivity contribution in [2.24, 2.45) is 94.7 Å². The van der Waals surface area contributed by atoms with Crippen LogP contribution < -0.4 is 21.3 Å². The van der Waals surface area contributed by atoms with E-state index in [-0.39, 0.29) is 0 Å². The van der Waals surface area contributed by atoms with Crippen LogP contribution in [0.25, 0.3) is 0 Å². The Balaban J connectivity index is 0.686. The zero-order valence-electron chi connectivity index (χ0n) is 51.8. The van der Waals surface area contributed by atoms with Gasteiger partial charge >= 0.3 is 0 Å². The van der Waals surface area contributed by atoms with Gasteiger partial charge in [-0.25, -0.2) is 0 Å². The van der Waals surface area contributed by atoms with Gasteiger partial charge in [-0.15, -0.1) is 0 Å². The molecular formula is C74H126N6. The maximum Gasteiger partial charge on any atom is 0.0137 e. The van der Waals surface area contributed by atoms with E-state index >= 15 is 0 Å². The summed E-state index contributed by atoms with van der Waals surface area (Å²) in [7, 11) is 0. The molecule has 452 valence electrons. The second kappa shape index (κ2) is 25.8. The highest BCUT2D eigenvalue weighted by Gasteiger charge is 2.64. The van der Waals surface area contributed by atoms with Crippen molar-refractivity contribution in [3.63, 3.8) is 0 Å². The molecule has 0 amide bonds. The molecule has 0 aromatic heterocycles. The zero-order valence-corrected chi connectivity index (χ0v) is 51.8. The number of piperidine rings is 4. The molecule has 80 heavy (non-hydrogen) atoms. The Morgan fingerprint density at radius 3 is 0.750 bits per heavy atom. The van der Waals surface area contributed by atoms with Crippen LogP contribution in [0.5, 0.6) is 0 Å². The van der Waals surface area contributed by atoms with Crippen molar-refractivity contribution in [1.29, 1.82) is 0 Å². The van der Waals surface area contributed by atoms with E-state index in [2.05, 4.69) is 31.1 Å². The van der Waals surface area contributed by atoms with Crippen LogP contribution in [0.3, 0.4) is 0 Å². The first-order valence-electron chi connectivity index (χ1n) is 38.1. The first-order valence-corrected chi connectivity index (χ1v) is 38.1. The van der Waals surface area contributed by atoms with Crippen LogP contribution in [0, 0.1) is 94.7 Å². The molecule has 20 atom stereocenters. The summed E-state index contributed by atoms with van der Waals surface area (Å²) in [5, 5.41) is 17.8. The second-order valence-electron chi connectivity index (χ2n) is 33.6. The van der Waals surface area contributed by atoms with Gasteiger partial charge in [-0.3, -0.25) is 9.80 Å². The summed E-state index contributed by atoms with van der Waals surface area (Å²) in [6, 6.07) is 8.26. The minimum absolute atomic E-state index is 0.772. The summed E-state index contributed by atoms with van der Waals surface area (Å²) in [5.74, 6) is 15.4. The van der Waals surface area contributed by atoms with Gasteiger partial charge in [-0.05, 0) is 249 Å². The van der Waals surface area contributed by atoms with Crippen molar-refractivity contribution in [2.75, 3.05) is 26.2 Å². The molecule has 0 spiro atoms. The number of nitrogens with zero attached hydrogens (tertiary/aromatic N) is 2. The third-order valence-electron chi connectivity index (χ3n) is 30.0. The number of nitrogens with one attached hydrogen (secondary N) is 4. The average molecular weight is 1100 g/mol. The van der Waals surface area contributed by atoms with Crippen molar-refractivity contribution in [1.82, 2.24) is 31.1 Å². The van der Waals surface area contributed by atoms with Crippen LogP contribution in [0.1, 0.15) is 283 Å². The Labute approximate surface area is 492 Å². The number of likely N-dealkylation sites (tertiary alicyclic amines) is 2. The highest BCUT2D eigenvalue weighted by molar-refractivity contribution is 5.17. The van der Waals surface area contributed by atoms with Crippen LogP contribution in [0.2, 0.25) is 0 Å². The lowest BCUT2D eigenvalue weighted by Crippen LogP contribution is -2.58. The van der Waals surface area contributed by atoms with E-state index in [9.17, 15) is 0 Å². The Hall–Kier alpha value is -0.240. The Kier molecular flexibility index (Phi) is 18.2. The van der Waals surface area contributed by atoms with Crippen LogP contribution in [-0.2, 0) is 0 Å². The van der Waals surface area contributed by atoms with Crippen molar-refractivity contribution < 1.29 is 0 Å². The largest absolute Gasteiger partial charge is 0.313 e. The van der Waals surface area contributed by atoms with Crippen LogP contribution in [0.15, 0.2) is 0 Å². The Morgan fingerprint density at radius 2 is 0.475 bits per heavy atom. The maximum absolute atomic E-state index is 4.46. The lowest BCUT2D eigenvalue weighted by atomic mass is 9.61. The molecule has 4 N–H and O–H groups in total. The lowest BCUT2D eigenvalue weighted by Gasteiger charge is -2.52. The SMILES string of the molecule is C1CCC(C2CCC(C3CC(C4CCC(C5CCCCC5)CN4)CC(N4C5CCCCC5C5C6C7CCCCC7N(C7CC(C8CCC(C9CCCCC9)CN8)CC(C8CCC(C9CCCCC9)CN8)C7)C6CCC54)C3)NC2)CC1. The first-order chi connectivity index (χ1) is 39.6. The highest BCUT2D eigenvalue weighted by Crippen LogP contribution is 2.62. The third-order valence-corrected chi connectivity index (χ3v) is 30.0. The molecule has 6 nitrogen and oxygen atoms in total. The molecule has 0 aromatic carbocycles. The fourth-order valence-electron chi connectivity index (χ4n) is 26.4. The topological polar surface area (TPSA) is 54.6 Å². The third kappa shape index (κ3) is 11.6. The van der Waals surface area contributed by atoms with Crippen LogP contribution in [-0.4, -0.2) is 96.4 Å². The fraction of sp³-hybridized carbons (Fsp3) is 1.00. The van der Waals surface area contributed by atoms with Crippen LogP contribution in [0.4, 0.5) is 0 Å². The monoisotopic (exact) mass is 1100 g/mol. The summed E-state index contributed by atoms with van der Waals surface area (Å²) in [4.78, 5) is 7.06. The summed E-state index contributed by atoms with van der Waals surface area (Å²) in [6.07, 6.45) is 66.8. The average Bonchev–Trinajstić information content (AvgIpc) is 4.30. The molecule has 15 rings (SSSR count). The van der Waals surface area contributed by atoms with E-state index in [1.807, 2.05) is 0 Å². The van der Waals surface area contributed by atoms with Gasteiger partial charge in [0.25, 0.3) is 0 Å². The summed E-state index contributed by atoms with van der Waals surface area (Å²) >= 11 is 0. The van der Waals surface area contributed by atoms with Crippen molar-refractivity contribution in [3.05, 3.63) is 0 Å². The smallest absolute Gasteiger partial charge is 0.0137 e. The molecule has 6 saturated heterocycles. The lowest BCUT2D eigenvalue weighted by molar-refractivity contribution is -0.0146. The van der Waals surface area contributed by atoms with Crippen molar-refractivity contribution in [2.45, 2.75) is 343 Å². The van der Waals surface area contributed by atoms with Crippen molar-refractivity contribution in [3.8, 4) is 0 Å². The van der Waals surface area contributed by atoms with Crippen molar-refractivity contribution >= 4 is 0 Å². The van der Waals surface area contributed by atoms with Gasteiger partial charge in [-0.1, -0.05) is 154 Å². The molecular weight excluding hydrogens is 973 g/mol. The van der Waals surface area contributed by atoms with E-state index < -0.39 is 0 Å². The number of hydrogen-bond acceptors (Lipinski definition) is 6. The molecule has 9 aliphatic carbocycles. The minimum Gasteiger partial charge on any atom is -0.313 e. The maximum atomic E-state index is 4.46.